The van der Waals surface area contributed by atoms with Gasteiger partial charge in [-0.3, -0.25) is 0 Å². The molecular formula is C8H7F4NO2S. The zero-order chi connectivity index (χ0) is 12.7. The molecule has 0 aliphatic carbocycles. The van der Waals surface area contributed by atoms with Crippen LogP contribution in [0.2, 0.25) is 0 Å². The molecule has 8 heteroatoms. The molecule has 1 aromatic carbocycles. The van der Waals surface area contributed by atoms with E-state index in [4.69, 9.17) is 0 Å². The molecule has 0 aromatic heterocycles. The van der Waals surface area contributed by atoms with Gasteiger partial charge in [0.1, 0.15) is 0 Å². The van der Waals surface area contributed by atoms with Crippen LogP contribution in [-0.4, -0.2) is 8.42 Å². The van der Waals surface area contributed by atoms with E-state index in [0.29, 0.717) is 0 Å². The summed E-state index contributed by atoms with van der Waals surface area (Å²) in [6.45, 7) is 1.26. The third kappa shape index (κ3) is 1.90. The maximum atomic E-state index is 13.1. The van der Waals surface area contributed by atoms with Crippen LogP contribution in [0.15, 0.2) is 4.90 Å². The normalized spacial score (nSPS) is 11.9. The molecular weight excluding hydrogens is 250 g/mol. The number of primary sulfonamides is 1. The van der Waals surface area contributed by atoms with Crippen molar-refractivity contribution in [2.45, 2.75) is 18.2 Å². The van der Waals surface area contributed by atoms with Crippen LogP contribution in [0, 0.1) is 23.3 Å². The minimum absolute atomic E-state index is 0.323. The van der Waals surface area contributed by atoms with Crippen molar-refractivity contribution in [1.82, 2.24) is 0 Å². The number of rotatable bonds is 2. The highest BCUT2D eigenvalue weighted by Gasteiger charge is 2.30. The lowest BCUT2D eigenvalue weighted by Gasteiger charge is -2.08. The lowest BCUT2D eigenvalue weighted by molar-refractivity contribution is 0.408. The van der Waals surface area contributed by atoms with Crippen LogP contribution in [0.5, 0.6) is 0 Å². The topological polar surface area (TPSA) is 60.2 Å². The molecule has 0 saturated carbocycles. The summed E-state index contributed by atoms with van der Waals surface area (Å²) in [5, 5.41) is 4.45. The number of hydrogen-bond donors (Lipinski definition) is 1. The fourth-order valence-electron chi connectivity index (χ4n) is 1.22. The van der Waals surface area contributed by atoms with Gasteiger partial charge < -0.3 is 0 Å². The Bertz CT molecular complexity index is 512. The highest BCUT2D eigenvalue weighted by molar-refractivity contribution is 7.89. The molecule has 0 bridgehead atoms. The average molecular weight is 257 g/mol. The molecule has 0 spiro atoms. The maximum absolute atomic E-state index is 13.1. The van der Waals surface area contributed by atoms with E-state index in [1.54, 1.807) is 0 Å². The Morgan fingerprint density at radius 1 is 1.00 bits per heavy atom. The Hall–Kier alpha value is -1.15. The summed E-state index contributed by atoms with van der Waals surface area (Å²) in [7, 11) is -4.86. The minimum atomic E-state index is -4.86. The first-order valence-electron chi connectivity index (χ1n) is 4.09. The second-order valence-corrected chi connectivity index (χ2v) is 4.46. The molecule has 90 valence electrons. The van der Waals surface area contributed by atoms with Crippen molar-refractivity contribution < 1.29 is 26.0 Å². The van der Waals surface area contributed by atoms with Crippen molar-refractivity contribution >= 4 is 10.0 Å². The van der Waals surface area contributed by atoms with Crippen LogP contribution in [0.1, 0.15) is 12.5 Å². The minimum Gasteiger partial charge on any atom is -0.224 e. The van der Waals surface area contributed by atoms with Gasteiger partial charge in [0.2, 0.25) is 10.0 Å². The van der Waals surface area contributed by atoms with E-state index in [1.165, 1.54) is 6.92 Å². The lowest BCUT2D eigenvalue weighted by Crippen LogP contribution is -2.19. The summed E-state index contributed by atoms with van der Waals surface area (Å²) < 4.78 is 74.0. The van der Waals surface area contributed by atoms with Crippen LogP contribution >= 0.6 is 0 Å². The predicted octanol–water partition coefficient (Wildman–Crippen LogP) is 1.45. The third-order valence-electron chi connectivity index (χ3n) is 1.95. The van der Waals surface area contributed by atoms with Gasteiger partial charge in [-0.15, -0.1) is 0 Å². The van der Waals surface area contributed by atoms with Crippen LogP contribution in [0.4, 0.5) is 17.6 Å². The molecule has 16 heavy (non-hydrogen) atoms. The Balaban J connectivity index is 3.82. The average Bonchev–Trinajstić information content (AvgIpc) is 2.14. The van der Waals surface area contributed by atoms with E-state index in [0.717, 1.165) is 0 Å². The van der Waals surface area contributed by atoms with E-state index in [2.05, 4.69) is 5.14 Å². The molecule has 2 N–H and O–H groups in total. The molecule has 1 aromatic rings. The van der Waals surface area contributed by atoms with Crippen LogP contribution in [-0.2, 0) is 16.4 Å². The van der Waals surface area contributed by atoms with Gasteiger partial charge >= 0.3 is 0 Å². The molecule has 0 amide bonds. The van der Waals surface area contributed by atoms with E-state index in [9.17, 15) is 26.0 Å². The van der Waals surface area contributed by atoms with Crippen LogP contribution in [0.3, 0.4) is 0 Å². The summed E-state index contributed by atoms with van der Waals surface area (Å²) in [5.41, 5.74) is -0.859. The Labute approximate surface area is 88.9 Å². The molecule has 0 aliphatic heterocycles. The molecule has 0 radical (unpaired) electrons. The van der Waals surface area contributed by atoms with E-state index in [1.807, 2.05) is 0 Å². The maximum Gasteiger partial charge on any atom is 0.244 e. The predicted molar refractivity (Wildman–Crippen MR) is 47.0 cm³/mol. The smallest absolute Gasteiger partial charge is 0.224 e. The Kier molecular flexibility index (Phi) is 3.25. The van der Waals surface area contributed by atoms with Crippen LogP contribution < -0.4 is 5.14 Å². The van der Waals surface area contributed by atoms with E-state index in [-0.39, 0.29) is 6.42 Å². The van der Waals surface area contributed by atoms with E-state index >= 15 is 0 Å². The van der Waals surface area contributed by atoms with Crippen molar-refractivity contribution in [2.75, 3.05) is 0 Å². The largest absolute Gasteiger partial charge is 0.244 e. The van der Waals surface area contributed by atoms with Crippen molar-refractivity contribution in [2.24, 2.45) is 5.14 Å². The summed E-state index contributed by atoms with van der Waals surface area (Å²) in [6.07, 6.45) is -0.323. The van der Waals surface area contributed by atoms with Gasteiger partial charge in [0.05, 0.1) is 0 Å². The molecule has 0 atom stereocenters. The fourth-order valence-corrected chi connectivity index (χ4v) is 1.90. The first-order chi connectivity index (χ1) is 7.21. The molecule has 0 aliphatic rings. The third-order valence-corrected chi connectivity index (χ3v) is 2.88. The van der Waals surface area contributed by atoms with Gasteiger partial charge in [0.25, 0.3) is 0 Å². The summed E-state index contributed by atoms with van der Waals surface area (Å²) in [6, 6.07) is 0. The second kappa shape index (κ2) is 4.02. The Morgan fingerprint density at radius 3 is 1.62 bits per heavy atom. The number of halogens is 4. The molecule has 0 unspecified atom stereocenters. The number of nitrogens with two attached hydrogens (primary N) is 1. The second-order valence-electron chi connectivity index (χ2n) is 2.96. The number of benzene rings is 1. The van der Waals surface area contributed by atoms with Crippen molar-refractivity contribution in [1.29, 1.82) is 0 Å². The molecule has 0 saturated heterocycles. The SMILES string of the molecule is CCc1c(F)c(F)c(S(N)(=O)=O)c(F)c1F. The standard InChI is InChI=1S/C8H7F4NO2S/c1-2-3-4(9)6(11)8(16(13,14)15)7(12)5(3)10/h2H2,1H3,(H2,13,14,15). The summed E-state index contributed by atoms with van der Waals surface area (Å²) >= 11 is 0. The fraction of sp³-hybridized carbons (Fsp3) is 0.250. The Morgan fingerprint density at radius 2 is 1.38 bits per heavy atom. The van der Waals surface area contributed by atoms with Gasteiger partial charge in [0, 0.05) is 5.56 Å². The lowest BCUT2D eigenvalue weighted by atomic mass is 10.1. The van der Waals surface area contributed by atoms with Gasteiger partial charge in [-0.05, 0) is 6.42 Å². The zero-order valence-electron chi connectivity index (χ0n) is 8.02. The molecule has 0 heterocycles. The van der Waals surface area contributed by atoms with Gasteiger partial charge in [-0.2, -0.15) is 0 Å². The van der Waals surface area contributed by atoms with Gasteiger partial charge in [-0.25, -0.2) is 31.1 Å². The first-order valence-corrected chi connectivity index (χ1v) is 5.64. The summed E-state index contributed by atoms with van der Waals surface area (Å²) in [5.74, 6) is -7.49. The van der Waals surface area contributed by atoms with Gasteiger partial charge in [0.15, 0.2) is 28.2 Å². The van der Waals surface area contributed by atoms with E-state index < -0.39 is 43.8 Å². The summed E-state index contributed by atoms with van der Waals surface area (Å²) in [4.78, 5) is -1.79. The number of hydrogen-bond acceptors (Lipinski definition) is 2. The molecule has 1 rings (SSSR count). The zero-order valence-corrected chi connectivity index (χ0v) is 8.84. The first kappa shape index (κ1) is 12.9. The van der Waals surface area contributed by atoms with Crippen LogP contribution in [0.25, 0.3) is 0 Å². The molecule has 0 fully saturated rings. The highest BCUT2D eigenvalue weighted by atomic mass is 32.2. The quantitative estimate of drug-likeness (QED) is 0.644. The highest BCUT2D eigenvalue weighted by Crippen LogP contribution is 2.26. The number of sulfonamides is 1. The van der Waals surface area contributed by atoms with Crippen molar-refractivity contribution in [3.8, 4) is 0 Å². The van der Waals surface area contributed by atoms with Crippen molar-refractivity contribution in [3.63, 3.8) is 0 Å². The van der Waals surface area contributed by atoms with Crippen molar-refractivity contribution in [3.05, 3.63) is 28.8 Å². The van der Waals surface area contributed by atoms with Gasteiger partial charge in [-0.1, -0.05) is 6.92 Å². The monoisotopic (exact) mass is 257 g/mol. The molecule has 3 nitrogen and oxygen atoms in total.